The van der Waals surface area contributed by atoms with Gasteiger partial charge in [-0.2, -0.15) is 5.06 Å². The maximum Gasteiger partial charge on any atom is 0.333 e. The Labute approximate surface area is 185 Å². The second-order valence-electron chi connectivity index (χ2n) is 8.41. The fourth-order valence-electron chi connectivity index (χ4n) is 2.45. The van der Waals surface area contributed by atoms with Crippen molar-refractivity contribution < 1.29 is 33.5 Å². The summed E-state index contributed by atoms with van der Waals surface area (Å²) in [6, 6.07) is 0. The van der Waals surface area contributed by atoms with Gasteiger partial charge in [0.2, 0.25) is 5.91 Å². The van der Waals surface area contributed by atoms with Gasteiger partial charge in [0.25, 0.3) is 5.91 Å². The first-order chi connectivity index (χ1) is 14.4. The highest BCUT2D eigenvalue weighted by Gasteiger charge is 2.23. The molecular formula is C21H39N3O7. The van der Waals surface area contributed by atoms with Crippen LogP contribution < -0.4 is 11.1 Å². The number of hydrogen-bond donors (Lipinski definition) is 2. The Morgan fingerprint density at radius 3 is 2.19 bits per heavy atom. The molecule has 0 aliphatic rings. The molecule has 0 rings (SSSR count). The number of rotatable bonds is 16. The summed E-state index contributed by atoms with van der Waals surface area (Å²) < 4.78 is 11.6. The molecule has 0 saturated carbocycles. The van der Waals surface area contributed by atoms with Gasteiger partial charge in [-0.15, -0.1) is 0 Å². The van der Waals surface area contributed by atoms with Gasteiger partial charge in [0.05, 0.1) is 30.8 Å². The van der Waals surface area contributed by atoms with Crippen LogP contribution in [0.25, 0.3) is 0 Å². The lowest BCUT2D eigenvalue weighted by Crippen LogP contribution is -2.35. The number of hydrogen-bond acceptors (Lipinski definition) is 8. The highest BCUT2D eigenvalue weighted by molar-refractivity contribution is 5.82. The maximum absolute atomic E-state index is 11.9. The Kier molecular flexibility index (Phi) is 13.9. The van der Waals surface area contributed by atoms with E-state index in [1.54, 1.807) is 0 Å². The van der Waals surface area contributed by atoms with E-state index in [0.717, 1.165) is 11.5 Å². The fourth-order valence-corrected chi connectivity index (χ4v) is 2.45. The predicted octanol–water partition coefficient (Wildman–Crippen LogP) is 1.11. The Bertz CT molecular complexity index is 579. The zero-order valence-electron chi connectivity index (χ0n) is 19.5. The third-order valence-electron chi connectivity index (χ3n) is 4.48. The second kappa shape index (κ2) is 14.9. The van der Waals surface area contributed by atoms with Crippen molar-refractivity contribution in [3.05, 3.63) is 0 Å². The summed E-state index contributed by atoms with van der Waals surface area (Å²) in [5.74, 6) is -1.47. The summed E-state index contributed by atoms with van der Waals surface area (Å²) in [5, 5.41) is 3.53. The third-order valence-corrected chi connectivity index (χ3v) is 4.48. The van der Waals surface area contributed by atoms with Gasteiger partial charge >= 0.3 is 5.97 Å². The Hall–Kier alpha value is -2.04. The van der Waals surface area contributed by atoms with Crippen molar-refractivity contribution in [3.8, 4) is 0 Å². The lowest BCUT2D eigenvalue weighted by atomic mass is 10.0. The lowest BCUT2D eigenvalue weighted by Gasteiger charge is -2.29. The standard InChI is InChI=1S/C21H39N3O7/c1-20(2,29-15-11-21(3,4)30-16-12-22)10-13-23-17(26)8-9-19(28)31-24(5)18(27)7-6-14-25/h14H,6-13,15-16,22H2,1-5H3,(H,23,26). The van der Waals surface area contributed by atoms with Crippen LogP contribution in [0.15, 0.2) is 0 Å². The third kappa shape index (κ3) is 15.4. The molecular weight excluding hydrogens is 406 g/mol. The molecule has 0 aromatic rings. The zero-order chi connectivity index (χ0) is 23.9. The molecule has 0 radical (unpaired) electrons. The van der Waals surface area contributed by atoms with E-state index in [-0.39, 0.29) is 37.2 Å². The van der Waals surface area contributed by atoms with Crippen LogP contribution in [-0.2, 0) is 33.5 Å². The van der Waals surface area contributed by atoms with Gasteiger partial charge < -0.3 is 30.2 Å². The van der Waals surface area contributed by atoms with Crippen LogP contribution in [0.5, 0.6) is 0 Å². The first kappa shape index (κ1) is 29.0. The van der Waals surface area contributed by atoms with Crippen molar-refractivity contribution in [1.82, 2.24) is 10.4 Å². The van der Waals surface area contributed by atoms with E-state index < -0.39 is 17.5 Å². The summed E-state index contributed by atoms with van der Waals surface area (Å²) in [5.41, 5.74) is 4.71. The highest BCUT2D eigenvalue weighted by Crippen LogP contribution is 2.19. The number of carbonyl (C=O) groups is 4. The Morgan fingerprint density at radius 1 is 0.968 bits per heavy atom. The molecule has 0 aliphatic heterocycles. The number of aldehydes is 1. The molecule has 0 bridgehead atoms. The van der Waals surface area contributed by atoms with E-state index in [2.05, 4.69) is 5.32 Å². The molecule has 31 heavy (non-hydrogen) atoms. The minimum absolute atomic E-state index is 0.0379. The molecule has 0 fully saturated rings. The second-order valence-corrected chi connectivity index (χ2v) is 8.41. The summed E-state index contributed by atoms with van der Waals surface area (Å²) in [4.78, 5) is 50.3. The van der Waals surface area contributed by atoms with Crippen LogP contribution in [-0.4, -0.2) is 73.7 Å². The van der Waals surface area contributed by atoms with Gasteiger partial charge in [-0.3, -0.25) is 9.59 Å². The highest BCUT2D eigenvalue weighted by atomic mass is 16.7. The van der Waals surface area contributed by atoms with E-state index >= 15 is 0 Å². The van der Waals surface area contributed by atoms with Crippen LogP contribution in [0.3, 0.4) is 0 Å². The largest absolute Gasteiger partial charge is 0.375 e. The van der Waals surface area contributed by atoms with Gasteiger partial charge in [-0.25, -0.2) is 4.79 Å². The Morgan fingerprint density at radius 2 is 1.58 bits per heavy atom. The molecule has 10 nitrogen and oxygen atoms in total. The van der Waals surface area contributed by atoms with Crippen LogP contribution in [0.2, 0.25) is 0 Å². The average molecular weight is 446 g/mol. The summed E-state index contributed by atoms with van der Waals surface area (Å²) in [6.07, 6.45) is 1.74. The fraction of sp³-hybridized carbons (Fsp3) is 0.810. The number of nitrogens with two attached hydrogens (primary N) is 1. The molecule has 10 heteroatoms. The Balaban J connectivity index is 4.06. The van der Waals surface area contributed by atoms with Crippen molar-refractivity contribution in [3.63, 3.8) is 0 Å². The summed E-state index contributed by atoms with van der Waals surface area (Å²) in [6.45, 7) is 9.77. The molecule has 0 aromatic carbocycles. The zero-order valence-corrected chi connectivity index (χ0v) is 19.5. The first-order valence-corrected chi connectivity index (χ1v) is 10.6. The number of amides is 2. The van der Waals surface area contributed by atoms with Crippen molar-refractivity contribution in [1.29, 1.82) is 0 Å². The molecule has 0 heterocycles. The van der Waals surface area contributed by atoms with Gasteiger partial charge in [-0.1, -0.05) is 0 Å². The molecule has 0 saturated heterocycles. The summed E-state index contributed by atoms with van der Waals surface area (Å²) >= 11 is 0. The molecule has 0 aromatic heterocycles. The van der Waals surface area contributed by atoms with E-state index in [4.69, 9.17) is 20.0 Å². The van der Waals surface area contributed by atoms with Crippen molar-refractivity contribution in [2.45, 2.75) is 77.4 Å². The van der Waals surface area contributed by atoms with Gasteiger partial charge in [0, 0.05) is 39.4 Å². The molecule has 3 N–H and O–H groups in total. The number of nitrogens with zero attached hydrogens (tertiary/aromatic N) is 1. The van der Waals surface area contributed by atoms with Crippen LogP contribution in [0.4, 0.5) is 0 Å². The quantitative estimate of drug-likeness (QED) is 0.266. The van der Waals surface area contributed by atoms with Crippen molar-refractivity contribution in [2.24, 2.45) is 5.73 Å². The van der Waals surface area contributed by atoms with Gasteiger partial charge in [0.1, 0.15) is 6.29 Å². The van der Waals surface area contributed by atoms with Crippen LogP contribution in [0.1, 0.15) is 66.2 Å². The number of ether oxygens (including phenoxy) is 2. The smallest absolute Gasteiger partial charge is 0.333 e. The maximum atomic E-state index is 11.9. The molecule has 2 amide bonds. The molecule has 180 valence electrons. The number of nitrogens with one attached hydrogen (secondary N) is 1. The normalized spacial score (nSPS) is 11.7. The minimum Gasteiger partial charge on any atom is -0.375 e. The lowest BCUT2D eigenvalue weighted by molar-refractivity contribution is -0.192. The van der Waals surface area contributed by atoms with E-state index in [1.807, 2.05) is 27.7 Å². The van der Waals surface area contributed by atoms with Crippen molar-refractivity contribution >= 4 is 24.1 Å². The monoisotopic (exact) mass is 445 g/mol. The van der Waals surface area contributed by atoms with Crippen LogP contribution in [0, 0.1) is 0 Å². The van der Waals surface area contributed by atoms with Crippen molar-refractivity contribution in [2.75, 3.05) is 33.4 Å². The van der Waals surface area contributed by atoms with Gasteiger partial charge in [-0.05, 0) is 40.5 Å². The molecule has 0 aliphatic carbocycles. The molecule has 0 spiro atoms. The number of carbonyl (C=O) groups excluding carboxylic acids is 4. The predicted molar refractivity (Wildman–Crippen MR) is 115 cm³/mol. The first-order valence-electron chi connectivity index (χ1n) is 10.6. The average Bonchev–Trinajstić information content (AvgIpc) is 2.68. The SMILES string of the molecule is CN(OC(=O)CCC(=O)NCCC(C)(C)OCCC(C)(C)OCCN)C(=O)CCC=O. The molecule has 0 unspecified atom stereocenters. The summed E-state index contributed by atoms with van der Waals surface area (Å²) in [7, 11) is 1.29. The van der Waals surface area contributed by atoms with Crippen LogP contribution >= 0.6 is 0 Å². The van der Waals surface area contributed by atoms with E-state index in [1.165, 1.54) is 7.05 Å². The van der Waals surface area contributed by atoms with E-state index in [0.29, 0.717) is 39.0 Å². The molecule has 0 atom stereocenters. The topological polar surface area (TPSA) is 137 Å². The van der Waals surface area contributed by atoms with Gasteiger partial charge in [0.15, 0.2) is 0 Å². The minimum atomic E-state index is -0.694. The number of hydroxylamine groups is 2. The van der Waals surface area contributed by atoms with E-state index in [9.17, 15) is 19.2 Å².